The molecule has 2 aliphatic heterocycles. The molecular formula is C9H12OS2. The van der Waals surface area contributed by atoms with Crippen molar-refractivity contribution >= 4 is 28.4 Å². The predicted molar refractivity (Wildman–Crippen MR) is 57.7 cm³/mol. The maximum absolute atomic E-state index is 11.3. The van der Waals surface area contributed by atoms with Crippen LogP contribution >= 0.6 is 22.7 Å². The molecule has 0 aromatic heterocycles. The van der Waals surface area contributed by atoms with Crippen LogP contribution in [0.3, 0.4) is 0 Å². The average molecular weight is 200 g/mol. The minimum atomic E-state index is -0.118. The Morgan fingerprint density at radius 1 is 1.50 bits per heavy atom. The summed E-state index contributed by atoms with van der Waals surface area (Å²) in [4.78, 5) is 11.3. The van der Waals surface area contributed by atoms with Crippen molar-refractivity contribution in [2.75, 3.05) is 0 Å². The average Bonchev–Trinajstić information content (AvgIpc) is 2.61. The molecule has 2 atom stereocenters. The number of Topliss-reactive ketones (excluding diaryl/α,β-unsaturated/α-hetero) is 1. The lowest BCUT2D eigenvalue weighted by Gasteiger charge is -2.16. The Bertz CT molecular complexity index is 245. The SMILES string of the molecule is CC1SC([SH]2C=CC=C2)CC1=O. The molecule has 66 valence electrons. The molecule has 3 heteroatoms. The van der Waals surface area contributed by atoms with Crippen LogP contribution in [0.4, 0.5) is 0 Å². The van der Waals surface area contributed by atoms with Crippen molar-refractivity contribution in [3.8, 4) is 0 Å². The number of carbonyl (C=O) groups excluding carboxylic acids is 1. The van der Waals surface area contributed by atoms with E-state index in [0.29, 0.717) is 10.4 Å². The summed E-state index contributed by atoms with van der Waals surface area (Å²) in [7, 11) is -0.118. The minimum absolute atomic E-state index is 0.118. The molecule has 2 unspecified atom stereocenters. The quantitative estimate of drug-likeness (QED) is 0.655. The highest BCUT2D eigenvalue weighted by Gasteiger charge is 2.32. The molecule has 0 spiro atoms. The van der Waals surface area contributed by atoms with Crippen molar-refractivity contribution in [3.63, 3.8) is 0 Å². The van der Waals surface area contributed by atoms with Crippen LogP contribution in [-0.2, 0) is 4.79 Å². The summed E-state index contributed by atoms with van der Waals surface area (Å²) >= 11 is 1.85. The number of hydrogen-bond donors (Lipinski definition) is 1. The first-order chi connectivity index (χ1) is 5.77. The van der Waals surface area contributed by atoms with Gasteiger partial charge in [-0.15, -0.1) is 11.8 Å². The van der Waals surface area contributed by atoms with E-state index in [9.17, 15) is 4.79 Å². The van der Waals surface area contributed by atoms with E-state index in [1.165, 1.54) is 0 Å². The summed E-state index contributed by atoms with van der Waals surface area (Å²) in [5.41, 5.74) is 0. The summed E-state index contributed by atoms with van der Waals surface area (Å²) in [6.45, 7) is 2.02. The molecule has 0 aliphatic carbocycles. The van der Waals surface area contributed by atoms with E-state index < -0.39 is 0 Å². The molecule has 0 bridgehead atoms. The standard InChI is InChI=1S/C9H12OS2/c1-7-8(10)6-9(11-7)12-4-2-3-5-12/h2-5,7,9,12H,6H2,1H3. The molecule has 2 aliphatic rings. The molecule has 12 heavy (non-hydrogen) atoms. The first-order valence-corrected chi connectivity index (χ1v) is 6.57. The van der Waals surface area contributed by atoms with Gasteiger partial charge in [0.25, 0.3) is 0 Å². The molecule has 1 saturated heterocycles. The van der Waals surface area contributed by atoms with E-state index >= 15 is 0 Å². The van der Waals surface area contributed by atoms with Crippen LogP contribution in [0.25, 0.3) is 0 Å². The van der Waals surface area contributed by atoms with Gasteiger partial charge in [0.2, 0.25) is 0 Å². The lowest BCUT2D eigenvalue weighted by atomic mass is 10.2. The molecule has 0 aromatic rings. The summed E-state index contributed by atoms with van der Waals surface area (Å²) in [6, 6.07) is 0. The van der Waals surface area contributed by atoms with Crippen LogP contribution in [0.15, 0.2) is 23.0 Å². The number of ketones is 1. The third kappa shape index (κ3) is 1.48. The van der Waals surface area contributed by atoms with Crippen molar-refractivity contribution in [3.05, 3.63) is 23.0 Å². The molecule has 0 aromatic carbocycles. The smallest absolute Gasteiger partial charge is 0.147 e. The van der Waals surface area contributed by atoms with Crippen molar-refractivity contribution < 1.29 is 4.79 Å². The molecule has 0 saturated carbocycles. The Kier molecular flexibility index (Phi) is 2.33. The van der Waals surface area contributed by atoms with Crippen LogP contribution in [0, 0.1) is 0 Å². The number of hydrogen-bond acceptors (Lipinski definition) is 2. The highest BCUT2D eigenvalue weighted by atomic mass is 32.2. The van der Waals surface area contributed by atoms with Gasteiger partial charge in [-0.05, 0) is 17.7 Å². The van der Waals surface area contributed by atoms with Gasteiger partial charge < -0.3 is 0 Å². The Morgan fingerprint density at radius 3 is 2.67 bits per heavy atom. The van der Waals surface area contributed by atoms with Gasteiger partial charge in [-0.1, -0.05) is 12.2 Å². The van der Waals surface area contributed by atoms with E-state index in [-0.39, 0.29) is 16.1 Å². The van der Waals surface area contributed by atoms with Crippen LogP contribution in [-0.4, -0.2) is 15.6 Å². The van der Waals surface area contributed by atoms with Gasteiger partial charge in [0.15, 0.2) is 0 Å². The van der Waals surface area contributed by atoms with Gasteiger partial charge in [-0.3, -0.25) is 4.79 Å². The van der Waals surface area contributed by atoms with Crippen molar-refractivity contribution in [2.24, 2.45) is 0 Å². The maximum Gasteiger partial charge on any atom is 0.147 e. The third-order valence-electron chi connectivity index (χ3n) is 2.15. The van der Waals surface area contributed by atoms with Gasteiger partial charge in [-0.2, -0.15) is 0 Å². The maximum atomic E-state index is 11.3. The first kappa shape index (κ1) is 8.45. The van der Waals surface area contributed by atoms with Crippen LogP contribution in [0.5, 0.6) is 0 Å². The zero-order valence-electron chi connectivity index (χ0n) is 6.93. The fraction of sp³-hybridized carbons (Fsp3) is 0.444. The summed E-state index contributed by atoms with van der Waals surface area (Å²) in [5, 5.41) is 4.73. The minimum Gasteiger partial charge on any atom is -0.298 e. The Labute approximate surface area is 79.6 Å². The largest absolute Gasteiger partial charge is 0.298 e. The second-order valence-electron chi connectivity index (χ2n) is 3.03. The van der Waals surface area contributed by atoms with Crippen molar-refractivity contribution in [1.82, 2.24) is 0 Å². The molecule has 0 N–H and O–H groups in total. The second kappa shape index (κ2) is 3.30. The first-order valence-electron chi connectivity index (χ1n) is 4.08. The molecule has 1 fully saturated rings. The second-order valence-corrected chi connectivity index (χ2v) is 7.05. The molecule has 1 nitrogen and oxygen atoms in total. The van der Waals surface area contributed by atoms with E-state index in [1.54, 1.807) is 0 Å². The fourth-order valence-electron chi connectivity index (χ4n) is 1.41. The third-order valence-corrected chi connectivity index (χ3v) is 6.28. The summed E-state index contributed by atoms with van der Waals surface area (Å²) in [6.07, 6.45) is 4.98. The number of rotatable bonds is 1. The highest BCUT2D eigenvalue weighted by Crippen LogP contribution is 2.50. The van der Waals surface area contributed by atoms with Crippen LogP contribution in [0.2, 0.25) is 0 Å². The topological polar surface area (TPSA) is 17.1 Å². The zero-order valence-corrected chi connectivity index (χ0v) is 8.65. The highest BCUT2D eigenvalue weighted by molar-refractivity contribution is 8.31. The number of allylic oxidation sites excluding steroid dienone is 2. The Hall–Kier alpha value is -0.150. The van der Waals surface area contributed by atoms with Gasteiger partial charge in [0.05, 0.1) is 5.25 Å². The van der Waals surface area contributed by atoms with Gasteiger partial charge in [-0.25, -0.2) is 10.9 Å². The van der Waals surface area contributed by atoms with E-state index in [2.05, 4.69) is 23.0 Å². The molecule has 2 rings (SSSR count). The van der Waals surface area contributed by atoms with E-state index in [0.717, 1.165) is 6.42 Å². The van der Waals surface area contributed by atoms with Gasteiger partial charge >= 0.3 is 0 Å². The molecule has 2 heterocycles. The van der Waals surface area contributed by atoms with E-state index in [4.69, 9.17) is 0 Å². The number of thiol groups is 1. The lowest BCUT2D eigenvalue weighted by Crippen LogP contribution is -2.03. The van der Waals surface area contributed by atoms with Crippen molar-refractivity contribution in [2.45, 2.75) is 23.2 Å². The monoisotopic (exact) mass is 200 g/mol. The van der Waals surface area contributed by atoms with Crippen LogP contribution < -0.4 is 0 Å². The molecular weight excluding hydrogens is 188 g/mol. The normalized spacial score (nSPS) is 36.8. The Balaban J connectivity index is 2.03. The molecule has 0 amide bonds. The Morgan fingerprint density at radius 2 is 2.17 bits per heavy atom. The van der Waals surface area contributed by atoms with Crippen LogP contribution in [0.1, 0.15) is 13.3 Å². The number of thioether (sulfide) groups is 1. The lowest BCUT2D eigenvalue weighted by molar-refractivity contribution is -0.117. The summed E-state index contributed by atoms with van der Waals surface area (Å²) in [5.74, 6) is 0.432. The van der Waals surface area contributed by atoms with Gasteiger partial charge in [0, 0.05) is 11.0 Å². The number of carbonyl (C=O) groups is 1. The zero-order chi connectivity index (χ0) is 8.55. The summed E-state index contributed by atoms with van der Waals surface area (Å²) < 4.78 is 0.567. The van der Waals surface area contributed by atoms with Gasteiger partial charge in [0.1, 0.15) is 5.78 Å². The van der Waals surface area contributed by atoms with Crippen molar-refractivity contribution in [1.29, 1.82) is 0 Å². The van der Waals surface area contributed by atoms with E-state index in [1.807, 2.05) is 18.7 Å². The molecule has 0 radical (unpaired) electrons. The predicted octanol–water partition coefficient (Wildman–Crippen LogP) is 2.45. The fourth-order valence-corrected chi connectivity index (χ4v) is 5.39.